The van der Waals surface area contributed by atoms with Crippen LogP contribution in [-0.2, 0) is 6.42 Å². The van der Waals surface area contributed by atoms with Gasteiger partial charge in [-0.3, -0.25) is 0 Å². The zero-order chi connectivity index (χ0) is 15.1. The van der Waals surface area contributed by atoms with Gasteiger partial charge in [0.05, 0.1) is 0 Å². The molecule has 2 rings (SSSR count). The maximum absolute atomic E-state index is 14.1. The highest BCUT2D eigenvalue weighted by molar-refractivity contribution is 5.30. The Morgan fingerprint density at radius 2 is 1.95 bits per heavy atom. The van der Waals surface area contributed by atoms with E-state index in [2.05, 4.69) is 12.2 Å². The van der Waals surface area contributed by atoms with Gasteiger partial charge in [-0.25, -0.2) is 4.39 Å². The van der Waals surface area contributed by atoms with Gasteiger partial charge in [0.2, 0.25) is 0 Å². The molecule has 0 bridgehead atoms. The predicted molar refractivity (Wildman–Crippen MR) is 84.1 cm³/mol. The fourth-order valence-corrected chi connectivity index (χ4v) is 2.52. The van der Waals surface area contributed by atoms with Gasteiger partial charge in [0.1, 0.15) is 11.6 Å². The Hall–Kier alpha value is -1.87. The first kappa shape index (κ1) is 15.5. The smallest absolute Gasteiger partial charge is 0.126 e. The van der Waals surface area contributed by atoms with E-state index < -0.39 is 0 Å². The Morgan fingerprint density at radius 3 is 2.67 bits per heavy atom. The average Bonchev–Trinajstić information content (AvgIpc) is 2.47. The molecule has 1 unspecified atom stereocenters. The third kappa shape index (κ3) is 4.57. The second-order valence-electron chi connectivity index (χ2n) is 5.30. The molecule has 0 aliphatic carbocycles. The van der Waals surface area contributed by atoms with Crippen molar-refractivity contribution < 1.29 is 9.50 Å². The van der Waals surface area contributed by atoms with Crippen LogP contribution in [0.25, 0.3) is 0 Å². The summed E-state index contributed by atoms with van der Waals surface area (Å²) < 4.78 is 14.1. The molecule has 0 spiro atoms. The van der Waals surface area contributed by atoms with E-state index in [1.807, 2.05) is 24.3 Å². The van der Waals surface area contributed by atoms with Crippen molar-refractivity contribution in [2.45, 2.75) is 25.7 Å². The summed E-state index contributed by atoms with van der Waals surface area (Å²) in [6, 6.07) is 14.1. The van der Waals surface area contributed by atoms with Crippen molar-refractivity contribution in [3.8, 4) is 5.75 Å². The molecular weight excluding hydrogens is 265 g/mol. The molecule has 0 heterocycles. The molecule has 0 aliphatic rings. The standard InChI is InChI=1S/C18H22FNO/c1-2-10-20-13-15(17-8-3-4-9-18(17)19)11-14-6-5-7-16(21)12-14/h3-9,12,15,20-21H,2,10-11,13H2,1H3. The molecule has 2 N–H and O–H groups in total. The predicted octanol–water partition coefficient (Wildman–Crippen LogP) is 3.86. The number of hydrogen-bond donors (Lipinski definition) is 2. The molecule has 21 heavy (non-hydrogen) atoms. The van der Waals surface area contributed by atoms with E-state index >= 15 is 0 Å². The van der Waals surface area contributed by atoms with Crippen molar-refractivity contribution in [1.29, 1.82) is 0 Å². The van der Waals surface area contributed by atoms with Gasteiger partial charge >= 0.3 is 0 Å². The van der Waals surface area contributed by atoms with Gasteiger partial charge in [0.15, 0.2) is 0 Å². The van der Waals surface area contributed by atoms with E-state index in [1.54, 1.807) is 18.2 Å². The van der Waals surface area contributed by atoms with Crippen molar-refractivity contribution in [3.63, 3.8) is 0 Å². The Bertz CT molecular complexity index is 571. The van der Waals surface area contributed by atoms with Crippen LogP contribution >= 0.6 is 0 Å². The Kier molecular flexibility index (Phi) is 5.76. The number of benzene rings is 2. The Labute approximate surface area is 125 Å². The summed E-state index contributed by atoms with van der Waals surface area (Å²) in [5.41, 5.74) is 1.74. The number of aromatic hydroxyl groups is 1. The van der Waals surface area contributed by atoms with Gasteiger partial charge in [-0.05, 0) is 48.7 Å². The lowest BCUT2D eigenvalue weighted by Gasteiger charge is -2.19. The molecule has 0 saturated carbocycles. The maximum atomic E-state index is 14.1. The average molecular weight is 287 g/mol. The monoisotopic (exact) mass is 287 g/mol. The van der Waals surface area contributed by atoms with Crippen molar-refractivity contribution >= 4 is 0 Å². The molecular formula is C18H22FNO. The van der Waals surface area contributed by atoms with Crippen molar-refractivity contribution in [2.75, 3.05) is 13.1 Å². The highest BCUT2D eigenvalue weighted by Crippen LogP contribution is 2.24. The second-order valence-corrected chi connectivity index (χ2v) is 5.30. The summed E-state index contributed by atoms with van der Waals surface area (Å²) in [7, 11) is 0. The summed E-state index contributed by atoms with van der Waals surface area (Å²) in [5.74, 6) is 0.141. The zero-order valence-corrected chi connectivity index (χ0v) is 12.3. The minimum Gasteiger partial charge on any atom is -0.508 e. The number of phenolic OH excluding ortho intramolecular Hbond substituents is 1. The van der Waals surface area contributed by atoms with Gasteiger partial charge in [-0.1, -0.05) is 37.3 Å². The number of hydrogen-bond acceptors (Lipinski definition) is 2. The fraction of sp³-hybridized carbons (Fsp3) is 0.333. The van der Waals surface area contributed by atoms with Crippen LogP contribution in [-0.4, -0.2) is 18.2 Å². The van der Waals surface area contributed by atoms with Crippen LogP contribution < -0.4 is 5.32 Å². The first-order valence-corrected chi connectivity index (χ1v) is 7.43. The summed E-state index contributed by atoms with van der Waals surface area (Å²) in [6.07, 6.45) is 1.75. The van der Waals surface area contributed by atoms with E-state index in [4.69, 9.17) is 0 Å². The number of nitrogens with one attached hydrogen (secondary N) is 1. The molecule has 0 aromatic heterocycles. The van der Waals surface area contributed by atoms with E-state index in [9.17, 15) is 9.50 Å². The lowest BCUT2D eigenvalue weighted by Crippen LogP contribution is -2.24. The molecule has 1 atom stereocenters. The highest BCUT2D eigenvalue weighted by Gasteiger charge is 2.16. The van der Waals surface area contributed by atoms with Crippen LogP contribution in [0, 0.1) is 5.82 Å². The minimum atomic E-state index is -0.166. The number of halogens is 1. The lowest BCUT2D eigenvalue weighted by atomic mass is 9.91. The Morgan fingerprint density at radius 1 is 1.14 bits per heavy atom. The lowest BCUT2D eigenvalue weighted by molar-refractivity contribution is 0.473. The van der Waals surface area contributed by atoms with Gasteiger partial charge in [-0.2, -0.15) is 0 Å². The van der Waals surface area contributed by atoms with Crippen LogP contribution in [0.15, 0.2) is 48.5 Å². The summed E-state index contributed by atoms with van der Waals surface area (Å²) in [5, 5.41) is 12.9. The van der Waals surface area contributed by atoms with Crippen molar-refractivity contribution in [3.05, 3.63) is 65.5 Å². The number of phenols is 1. The molecule has 0 aliphatic heterocycles. The molecule has 3 heteroatoms. The van der Waals surface area contributed by atoms with Crippen LogP contribution in [0.3, 0.4) is 0 Å². The summed E-state index contributed by atoms with van der Waals surface area (Å²) in [6.45, 7) is 3.76. The summed E-state index contributed by atoms with van der Waals surface area (Å²) in [4.78, 5) is 0. The van der Waals surface area contributed by atoms with Crippen molar-refractivity contribution in [1.82, 2.24) is 5.32 Å². The zero-order valence-electron chi connectivity index (χ0n) is 12.3. The molecule has 2 nitrogen and oxygen atoms in total. The molecule has 0 saturated heterocycles. The largest absolute Gasteiger partial charge is 0.508 e. The molecule has 2 aromatic rings. The van der Waals surface area contributed by atoms with Crippen LogP contribution in [0.2, 0.25) is 0 Å². The van der Waals surface area contributed by atoms with Crippen LogP contribution in [0.1, 0.15) is 30.4 Å². The SMILES string of the molecule is CCCNCC(Cc1cccc(O)c1)c1ccccc1F. The van der Waals surface area contributed by atoms with Gasteiger partial charge in [-0.15, -0.1) is 0 Å². The molecule has 112 valence electrons. The quantitative estimate of drug-likeness (QED) is 0.758. The van der Waals surface area contributed by atoms with Gasteiger partial charge < -0.3 is 10.4 Å². The van der Waals surface area contributed by atoms with E-state index in [1.165, 1.54) is 6.07 Å². The van der Waals surface area contributed by atoms with E-state index in [0.717, 1.165) is 30.6 Å². The molecule has 0 fully saturated rings. The molecule has 2 aromatic carbocycles. The minimum absolute atomic E-state index is 0.0551. The molecule has 0 radical (unpaired) electrons. The topological polar surface area (TPSA) is 32.3 Å². The third-order valence-corrected chi connectivity index (χ3v) is 3.56. The maximum Gasteiger partial charge on any atom is 0.126 e. The van der Waals surface area contributed by atoms with Gasteiger partial charge in [0.25, 0.3) is 0 Å². The van der Waals surface area contributed by atoms with E-state index in [-0.39, 0.29) is 17.5 Å². The second kappa shape index (κ2) is 7.79. The number of rotatable bonds is 7. The fourth-order valence-electron chi connectivity index (χ4n) is 2.52. The first-order chi connectivity index (χ1) is 10.2. The van der Waals surface area contributed by atoms with Crippen molar-refractivity contribution in [2.24, 2.45) is 0 Å². The van der Waals surface area contributed by atoms with Crippen LogP contribution in [0.5, 0.6) is 5.75 Å². The molecule has 0 amide bonds. The van der Waals surface area contributed by atoms with Crippen LogP contribution in [0.4, 0.5) is 4.39 Å². The van der Waals surface area contributed by atoms with Gasteiger partial charge in [0, 0.05) is 12.5 Å². The summed E-state index contributed by atoms with van der Waals surface area (Å²) >= 11 is 0. The Balaban J connectivity index is 2.17. The van der Waals surface area contributed by atoms with E-state index in [0.29, 0.717) is 6.42 Å². The third-order valence-electron chi connectivity index (χ3n) is 3.56. The first-order valence-electron chi connectivity index (χ1n) is 7.43. The normalized spacial score (nSPS) is 12.3. The highest BCUT2D eigenvalue weighted by atomic mass is 19.1.